The zero-order valence-corrected chi connectivity index (χ0v) is 7.85. The van der Waals surface area contributed by atoms with Gasteiger partial charge in [0.1, 0.15) is 12.4 Å². The van der Waals surface area contributed by atoms with Crippen LogP contribution in [0, 0.1) is 0 Å². The predicted molar refractivity (Wildman–Crippen MR) is 49.2 cm³/mol. The molecule has 1 aliphatic carbocycles. The van der Waals surface area contributed by atoms with Crippen molar-refractivity contribution >= 4 is 0 Å². The van der Waals surface area contributed by atoms with E-state index in [1.54, 1.807) is 6.33 Å². The van der Waals surface area contributed by atoms with Gasteiger partial charge in [0.2, 0.25) is 5.88 Å². The summed E-state index contributed by atoms with van der Waals surface area (Å²) in [6.07, 6.45) is 4.28. The van der Waals surface area contributed by atoms with Crippen LogP contribution >= 0.6 is 0 Å². The van der Waals surface area contributed by atoms with Crippen molar-refractivity contribution in [1.82, 2.24) is 9.97 Å². The van der Waals surface area contributed by atoms with Crippen LogP contribution in [-0.2, 0) is 4.74 Å². The van der Waals surface area contributed by atoms with Gasteiger partial charge in [-0.15, -0.1) is 0 Å². The first-order chi connectivity index (χ1) is 6.92. The smallest absolute Gasteiger partial charge is 0.216 e. The highest BCUT2D eigenvalue weighted by Gasteiger charge is 2.26. The van der Waals surface area contributed by atoms with Crippen LogP contribution in [0.5, 0.6) is 5.88 Å². The molecule has 1 aliphatic heterocycles. The van der Waals surface area contributed by atoms with E-state index in [4.69, 9.17) is 9.47 Å². The SMILES string of the molecule is c1nc(OC2COC2)cc(C2CC2)n1. The van der Waals surface area contributed by atoms with Gasteiger partial charge < -0.3 is 9.47 Å². The van der Waals surface area contributed by atoms with Crippen LogP contribution in [0.1, 0.15) is 24.5 Å². The highest BCUT2D eigenvalue weighted by molar-refractivity contribution is 5.20. The zero-order chi connectivity index (χ0) is 9.38. The first-order valence-electron chi connectivity index (χ1n) is 4.98. The summed E-state index contributed by atoms with van der Waals surface area (Å²) in [5, 5.41) is 0. The maximum absolute atomic E-state index is 5.59. The fourth-order valence-corrected chi connectivity index (χ4v) is 1.47. The van der Waals surface area contributed by atoms with Crippen molar-refractivity contribution in [1.29, 1.82) is 0 Å². The van der Waals surface area contributed by atoms with E-state index in [-0.39, 0.29) is 6.10 Å². The Morgan fingerprint density at radius 1 is 1.29 bits per heavy atom. The molecule has 14 heavy (non-hydrogen) atoms. The second-order valence-electron chi connectivity index (χ2n) is 3.83. The quantitative estimate of drug-likeness (QED) is 0.720. The molecule has 2 fully saturated rings. The van der Waals surface area contributed by atoms with Crippen LogP contribution in [0.2, 0.25) is 0 Å². The fraction of sp³-hybridized carbons (Fsp3) is 0.600. The van der Waals surface area contributed by atoms with Crippen LogP contribution in [0.4, 0.5) is 0 Å². The van der Waals surface area contributed by atoms with E-state index in [0.29, 0.717) is 25.0 Å². The first-order valence-corrected chi connectivity index (χ1v) is 4.98. The molecular weight excluding hydrogens is 180 g/mol. The number of hydrogen-bond acceptors (Lipinski definition) is 4. The van der Waals surface area contributed by atoms with E-state index in [1.807, 2.05) is 6.07 Å². The maximum atomic E-state index is 5.59. The van der Waals surface area contributed by atoms with Crippen molar-refractivity contribution in [3.63, 3.8) is 0 Å². The first kappa shape index (κ1) is 8.17. The average Bonchev–Trinajstić information content (AvgIpc) is 2.95. The van der Waals surface area contributed by atoms with Gasteiger partial charge in [0.05, 0.1) is 18.9 Å². The molecule has 2 aliphatic rings. The number of rotatable bonds is 3. The minimum Gasteiger partial charge on any atom is -0.469 e. The van der Waals surface area contributed by atoms with Crippen LogP contribution in [0.25, 0.3) is 0 Å². The number of hydrogen-bond donors (Lipinski definition) is 0. The van der Waals surface area contributed by atoms with E-state index in [0.717, 1.165) is 5.69 Å². The molecule has 4 nitrogen and oxygen atoms in total. The average molecular weight is 192 g/mol. The van der Waals surface area contributed by atoms with Gasteiger partial charge in [-0.25, -0.2) is 9.97 Å². The molecule has 0 N–H and O–H groups in total. The normalized spacial score (nSPS) is 21.7. The van der Waals surface area contributed by atoms with Crippen molar-refractivity contribution in [2.75, 3.05) is 13.2 Å². The maximum Gasteiger partial charge on any atom is 0.216 e. The topological polar surface area (TPSA) is 44.2 Å². The second-order valence-corrected chi connectivity index (χ2v) is 3.83. The van der Waals surface area contributed by atoms with Crippen LogP contribution in [0.3, 0.4) is 0 Å². The van der Waals surface area contributed by atoms with Gasteiger partial charge in [-0.3, -0.25) is 0 Å². The monoisotopic (exact) mass is 192 g/mol. The Kier molecular flexibility index (Phi) is 1.87. The Morgan fingerprint density at radius 2 is 2.14 bits per heavy atom. The second kappa shape index (κ2) is 3.20. The standard InChI is InChI=1S/C10H12N2O2/c1-2-7(1)9-3-10(12-6-11-9)14-8-4-13-5-8/h3,6-8H,1-2,4-5H2. The lowest BCUT2D eigenvalue weighted by Gasteiger charge is -2.26. The zero-order valence-electron chi connectivity index (χ0n) is 7.85. The summed E-state index contributed by atoms with van der Waals surface area (Å²) in [6, 6.07) is 1.95. The van der Waals surface area contributed by atoms with E-state index < -0.39 is 0 Å². The molecule has 0 aromatic carbocycles. The molecule has 0 atom stereocenters. The van der Waals surface area contributed by atoms with Gasteiger partial charge in [-0.2, -0.15) is 0 Å². The van der Waals surface area contributed by atoms with Gasteiger partial charge in [0.25, 0.3) is 0 Å². The minimum atomic E-state index is 0.192. The number of aromatic nitrogens is 2. The van der Waals surface area contributed by atoms with E-state index in [2.05, 4.69) is 9.97 Å². The summed E-state index contributed by atoms with van der Waals surface area (Å²) in [7, 11) is 0. The molecule has 0 amide bonds. The molecule has 1 saturated carbocycles. The van der Waals surface area contributed by atoms with Crippen LogP contribution < -0.4 is 4.74 Å². The third-order valence-electron chi connectivity index (χ3n) is 2.55. The van der Waals surface area contributed by atoms with Crippen molar-refractivity contribution in [3.05, 3.63) is 18.1 Å². The molecule has 2 heterocycles. The van der Waals surface area contributed by atoms with Crippen molar-refractivity contribution in [2.45, 2.75) is 24.9 Å². The van der Waals surface area contributed by atoms with Crippen molar-refractivity contribution < 1.29 is 9.47 Å². The molecule has 0 unspecified atom stereocenters. The summed E-state index contributed by atoms with van der Waals surface area (Å²) in [6.45, 7) is 1.37. The molecule has 0 spiro atoms. The van der Waals surface area contributed by atoms with Gasteiger partial charge in [0, 0.05) is 12.0 Å². The lowest BCUT2D eigenvalue weighted by atomic mass is 10.3. The minimum absolute atomic E-state index is 0.192. The largest absolute Gasteiger partial charge is 0.469 e. The Bertz CT molecular complexity index is 335. The third kappa shape index (κ3) is 1.57. The third-order valence-corrected chi connectivity index (χ3v) is 2.55. The molecule has 4 heteroatoms. The molecule has 74 valence electrons. The van der Waals surface area contributed by atoms with E-state index >= 15 is 0 Å². The van der Waals surface area contributed by atoms with Crippen molar-refractivity contribution in [2.24, 2.45) is 0 Å². The Balaban J connectivity index is 1.72. The predicted octanol–water partition coefficient (Wildman–Crippen LogP) is 1.13. The molecule has 1 aromatic heterocycles. The highest BCUT2D eigenvalue weighted by Crippen LogP contribution is 2.39. The van der Waals surface area contributed by atoms with Gasteiger partial charge in [-0.05, 0) is 12.8 Å². The Hall–Kier alpha value is -1.16. The number of nitrogens with zero attached hydrogens (tertiary/aromatic N) is 2. The molecule has 1 aromatic rings. The molecule has 0 bridgehead atoms. The highest BCUT2D eigenvalue weighted by atomic mass is 16.6. The Morgan fingerprint density at radius 3 is 2.79 bits per heavy atom. The summed E-state index contributed by atoms with van der Waals surface area (Å²) in [5.41, 5.74) is 1.12. The molecule has 1 saturated heterocycles. The molecule has 3 rings (SSSR count). The van der Waals surface area contributed by atoms with Crippen LogP contribution in [-0.4, -0.2) is 29.3 Å². The lowest BCUT2D eigenvalue weighted by molar-refractivity contribution is -0.0814. The van der Waals surface area contributed by atoms with E-state index in [9.17, 15) is 0 Å². The lowest BCUT2D eigenvalue weighted by Crippen LogP contribution is -2.38. The van der Waals surface area contributed by atoms with Gasteiger partial charge >= 0.3 is 0 Å². The van der Waals surface area contributed by atoms with Gasteiger partial charge in [0.15, 0.2) is 0 Å². The summed E-state index contributed by atoms with van der Waals surface area (Å²) >= 11 is 0. The summed E-state index contributed by atoms with van der Waals surface area (Å²) in [4.78, 5) is 8.31. The fourth-order valence-electron chi connectivity index (χ4n) is 1.47. The van der Waals surface area contributed by atoms with Crippen molar-refractivity contribution in [3.8, 4) is 5.88 Å². The molecular formula is C10H12N2O2. The molecule has 0 radical (unpaired) electrons. The summed E-state index contributed by atoms with van der Waals surface area (Å²) < 4.78 is 10.6. The van der Waals surface area contributed by atoms with Gasteiger partial charge in [-0.1, -0.05) is 0 Å². The van der Waals surface area contributed by atoms with Crippen LogP contribution in [0.15, 0.2) is 12.4 Å². The van der Waals surface area contributed by atoms with E-state index in [1.165, 1.54) is 12.8 Å². The number of ether oxygens (including phenoxy) is 2. The Labute approximate surface area is 82.3 Å². The summed E-state index contributed by atoms with van der Waals surface area (Å²) in [5.74, 6) is 1.34.